The van der Waals surface area contributed by atoms with Crippen molar-refractivity contribution in [1.29, 1.82) is 5.41 Å². The molecular formula is C24H29N7O2S. The van der Waals surface area contributed by atoms with Gasteiger partial charge in [0.05, 0.1) is 18.2 Å². The molecule has 0 saturated carbocycles. The number of benzene rings is 1. The minimum atomic E-state index is 0.300. The van der Waals surface area contributed by atoms with E-state index in [0.29, 0.717) is 35.0 Å². The van der Waals surface area contributed by atoms with Gasteiger partial charge in [0.25, 0.3) is 0 Å². The van der Waals surface area contributed by atoms with Gasteiger partial charge in [-0.05, 0) is 30.9 Å². The van der Waals surface area contributed by atoms with E-state index in [4.69, 9.17) is 15.9 Å². The molecule has 4 N–H and O–H groups in total. The molecule has 1 saturated heterocycles. The van der Waals surface area contributed by atoms with Crippen molar-refractivity contribution in [3.05, 3.63) is 34.5 Å². The Kier molecular flexibility index (Phi) is 6.34. The van der Waals surface area contributed by atoms with Crippen LogP contribution in [0.3, 0.4) is 0 Å². The lowest BCUT2D eigenvalue weighted by Crippen LogP contribution is -2.33. The molecular weight excluding hydrogens is 450 g/mol. The van der Waals surface area contributed by atoms with E-state index in [2.05, 4.69) is 20.2 Å². The molecule has 0 unspecified atom stereocenters. The maximum Gasteiger partial charge on any atom is 0.222 e. The van der Waals surface area contributed by atoms with E-state index >= 15 is 0 Å². The van der Waals surface area contributed by atoms with Crippen molar-refractivity contribution >= 4 is 50.9 Å². The number of fused-ring (bicyclic) bond motifs is 3. The van der Waals surface area contributed by atoms with Crippen molar-refractivity contribution in [3.8, 4) is 5.75 Å². The summed E-state index contributed by atoms with van der Waals surface area (Å²) in [5.74, 6) is 1.64. The first-order valence-corrected chi connectivity index (χ1v) is 12.4. The Morgan fingerprint density at radius 3 is 2.91 bits per heavy atom. The summed E-state index contributed by atoms with van der Waals surface area (Å²) in [4.78, 5) is 27.7. The molecule has 3 aromatic rings. The number of hydrogen-bond donors (Lipinski definition) is 3. The van der Waals surface area contributed by atoms with E-state index in [9.17, 15) is 4.79 Å². The molecule has 178 valence electrons. The van der Waals surface area contributed by atoms with Crippen LogP contribution in [0.15, 0.2) is 18.5 Å². The topological polar surface area (TPSA) is 120 Å². The quantitative estimate of drug-likeness (QED) is 0.334. The molecule has 34 heavy (non-hydrogen) atoms. The number of nitrogens with zero attached hydrogens (tertiary/aromatic N) is 4. The third kappa shape index (κ3) is 4.30. The van der Waals surface area contributed by atoms with Crippen LogP contribution in [0.2, 0.25) is 0 Å². The number of aromatic nitrogens is 2. The van der Waals surface area contributed by atoms with Crippen LogP contribution in [0, 0.1) is 5.41 Å². The second-order valence-corrected chi connectivity index (χ2v) is 9.80. The molecule has 0 atom stereocenters. The summed E-state index contributed by atoms with van der Waals surface area (Å²) in [7, 11) is 1.60. The van der Waals surface area contributed by atoms with Gasteiger partial charge < -0.3 is 26.1 Å². The first kappa shape index (κ1) is 22.5. The molecule has 10 heteroatoms. The van der Waals surface area contributed by atoms with Gasteiger partial charge in [-0.1, -0.05) is 0 Å². The maximum absolute atomic E-state index is 11.8. The maximum atomic E-state index is 11.8. The minimum absolute atomic E-state index is 0.300. The van der Waals surface area contributed by atoms with E-state index < -0.39 is 0 Å². The van der Waals surface area contributed by atoms with Gasteiger partial charge in [-0.15, -0.1) is 11.3 Å². The fourth-order valence-corrected chi connectivity index (χ4v) is 6.05. The van der Waals surface area contributed by atoms with E-state index in [-0.39, 0.29) is 0 Å². The van der Waals surface area contributed by atoms with Crippen LogP contribution in [0.25, 0.3) is 10.2 Å². The molecule has 1 aromatic carbocycles. The number of carbonyl (C=O) groups is 1. The van der Waals surface area contributed by atoms with Crippen LogP contribution in [0.5, 0.6) is 5.75 Å². The van der Waals surface area contributed by atoms with Gasteiger partial charge in [0.2, 0.25) is 5.91 Å². The third-order valence-electron chi connectivity index (χ3n) is 6.60. The van der Waals surface area contributed by atoms with Crippen LogP contribution < -0.4 is 15.8 Å². The van der Waals surface area contributed by atoms with E-state index in [1.54, 1.807) is 36.9 Å². The number of amides is 1. The highest BCUT2D eigenvalue weighted by molar-refractivity contribution is 7.19. The number of likely N-dealkylation sites (tertiary alicyclic amines) is 1. The van der Waals surface area contributed by atoms with Crippen molar-refractivity contribution in [2.24, 2.45) is 0 Å². The number of thiophene rings is 1. The Morgan fingerprint density at radius 2 is 2.15 bits per heavy atom. The highest BCUT2D eigenvalue weighted by atomic mass is 32.1. The summed E-state index contributed by atoms with van der Waals surface area (Å²) in [5, 5.41) is 12.1. The zero-order valence-electron chi connectivity index (χ0n) is 19.3. The average Bonchev–Trinajstić information content (AvgIpc) is 3.42. The van der Waals surface area contributed by atoms with Crippen LogP contribution >= 0.6 is 11.3 Å². The Balaban J connectivity index is 1.35. The van der Waals surface area contributed by atoms with Gasteiger partial charge in [0.1, 0.15) is 22.7 Å². The van der Waals surface area contributed by atoms with Gasteiger partial charge in [-0.2, -0.15) is 0 Å². The molecule has 2 aromatic heterocycles. The number of carbonyl (C=O) groups excluding carboxylic acids is 1. The number of ether oxygens (including phenoxy) is 1. The Bertz CT molecular complexity index is 1240. The van der Waals surface area contributed by atoms with Crippen LogP contribution in [-0.2, 0) is 17.8 Å². The normalized spacial score (nSPS) is 16.1. The van der Waals surface area contributed by atoms with Crippen LogP contribution in [0.4, 0.5) is 17.2 Å². The van der Waals surface area contributed by atoms with Crippen molar-refractivity contribution in [2.75, 3.05) is 44.3 Å². The largest absolute Gasteiger partial charge is 0.494 e. The highest BCUT2D eigenvalue weighted by Gasteiger charge is 2.25. The first-order chi connectivity index (χ1) is 16.6. The lowest BCUT2D eigenvalue weighted by molar-refractivity contribution is -0.127. The standard InChI is InChI=1S/C24H29N7O2S/c1-33-19-11-17(26)15(12-25)10-18(19)29-23-22-16-5-9-30(6-3-8-31-7-2-4-21(31)32)13-20(16)34-24(22)28-14-27-23/h10-12,14,25H,2-9,13,26H2,1H3,(H,27,28,29). The molecule has 0 radical (unpaired) electrons. The van der Waals surface area contributed by atoms with Crippen LogP contribution in [-0.4, -0.2) is 65.2 Å². The van der Waals surface area contributed by atoms with E-state index in [0.717, 1.165) is 68.0 Å². The molecule has 2 aliphatic rings. The highest BCUT2D eigenvalue weighted by Crippen LogP contribution is 2.39. The SMILES string of the molecule is COc1cc(N)c(C=N)cc1Nc1ncnc2sc3c(c12)CCN(CCCN1CCCC1=O)C3. The van der Waals surface area contributed by atoms with Gasteiger partial charge in [0, 0.05) is 67.6 Å². The number of hydrogen-bond acceptors (Lipinski definition) is 9. The molecule has 1 fully saturated rings. The smallest absolute Gasteiger partial charge is 0.222 e. The molecule has 0 bridgehead atoms. The molecule has 1 amide bonds. The Labute approximate surface area is 202 Å². The lowest BCUT2D eigenvalue weighted by atomic mass is 10.0. The van der Waals surface area contributed by atoms with E-state index in [1.165, 1.54) is 16.7 Å². The zero-order valence-corrected chi connectivity index (χ0v) is 20.1. The predicted molar refractivity (Wildman–Crippen MR) is 135 cm³/mol. The van der Waals surface area contributed by atoms with Crippen LogP contribution in [0.1, 0.15) is 35.3 Å². The predicted octanol–water partition coefficient (Wildman–Crippen LogP) is 3.39. The first-order valence-electron chi connectivity index (χ1n) is 11.6. The number of nitrogens with two attached hydrogens (primary N) is 1. The fraction of sp³-hybridized carbons (Fsp3) is 0.417. The summed E-state index contributed by atoms with van der Waals surface area (Å²) in [6, 6.07) is 3.53. The van der Waals surface area contributed by atoms with Gasteiger partial charge in [0.15, 0.2) is 0 Å². The third-order valence-corrected chi connectivity index (χ3v) is 7.73. The van der Waals surface area contributed by atoms with Gasteiger partial charge in [-0.3, -0.25) is 9.69 Å². The Morgan fingerprint density at radius 1 is 1.26 bits per heavy atom. The molecule has 0 spiro atoms. The lowest BCUT2D eigenvalue weighted by Gasteiger charge is -2.27. The monoisotopic (exact) mass is 479 g/mol. The number of nitrogens with one attached hydrogen (secondary N) is 2. The molecule has 9 nitrogen and oxygen atoms in total. The zero-order chi connectivity index (χ0) is 23.7. The summed E-state index contributed by atoms with van der Waals surface area (Å²) in [5.41, 5.74) is 9.14. The summed E-state index contributed by atoms with van der Waals surface area (Å²) >= 11 is 1.72. The molecule has 5 rings (SSSR count). The average molecular weight is 480 g/mol. The number of rotatable bonds is 8. The van der Waals surface area contributed by atoms with Crippen molar-refractivity contribution < 1.29 is 9.53 Å². The van der Waals surface area contributed by atoms with Gasteiger partial charge in [-0.25, -0.2) is 9.97 Å². The Hall–Kier alpha value is -3.24. The van der Waals surface area contributed by atoms with Crippen molar-refractivity contribution in [2.45, 2.75) is 32.2 Å². The van der Waals surface area contributed by atoms with E-state index in [1.807, 2.05) is 4.90 Å². The summed E-state index contributed by atoms with van der Waals surface area (Å²) in [6.45, 7) is 4.63. The molecule has 4 heterocycles. The number of methoxy groups -OCH3 is 1. The number of nitrogen functional groups attached to an aromatic ring is 1. The van der Waals surface area contributed by atoms with Crippen molar-refractivity contribution in [3.63, 3.8) is 0 Å². The molecule has 2 aliphatic heterocycles. The van der Waals surface area contributed by atoms with Gasteiger partial charge >= 0.3 is 0 Å². The summed E-state index contributed by atoms with van der Waals surface area (Å²) < 4.78 is 5.51. The second-order valence-electron chi connectivity index (χ2n) is 8.72. The van der Waals surface area contributed by atoms with Crippen molar-refractivity contribution in [1.82, 2.24) is 19.8 Å². The molecule has 0 aliphatic carbocycles. The number of anilines is 3. The second kappa shape index (κ2) is 9.55. The summed E-state index contributed by atoms with van der Waals surface area (Å²) in [6.07, 6.45) is 6.46. The fourth-order valence-electron chi connectivity index (χ4n) is 4.82. The minimum Gasteiger partial charge on any atom is -0.494 e.